The Morgan fingerprint density at radius 1 is 1.04 bits per heavy atom. The second kappa shape index (κ2) is 6.46. The number of anilines is 3. The van der Waals surface area contributed by atoms with Gasteiger partial charge in [-0.05, 0) is 37.3 Å². The molecule has 0 bridgehead atoms. The lowest BCUT2D eigenvalue weighted by Gasteiger charge is -2.07. The third kappa shape index (κ3) is 3.81. The van der Waals surface area contributed by atoms with Crippen LogP contribution in [-0.4, -0.2) is 23.8 Å². The van der Waals surface area contributed by atoms with Gasteiger partial charge in [-0.25, -0.2) is 8.42 Å². The minimum atomic E-state index is -3.79. The minimum Gasteiger partial charge on any atom is -0.360 e. The van der Waals surface area contributed by atoms with E-state index in [0.29, 0.717) is 22.4 Å². The van der Waals surface area contributed by atoms with E-state index in [-0.39, 0.29) is 10.7 Å². The average Bonchev–Trinajstić information content (AvgIpc) is 2.94. The zero-order valence-electron chi connectivity index (χ0n) is 12.4. The SMILES string of the molecule is Cc1cc(Nc2ccc(NS(=O)(=O)c3cccc(Cl)c3)nn2)no1. The monoisotopic (exact) mass is 365 g/mol. The molecule has 10 heteroatoms. The molecule has 0 saturated carbocycles. The van der Waals surface area contributed by atoms with Crippen molar-refractivity contribution < 1.29 is 12.9 Å². The summed E-state index contributed by atoms with van der Waals surface area (Å²) in [5.41, 5.74) is 0. The van der Waals surface area contributed by atoms with Crippen molar-refractivity contribution in [3.05, 3.63) is 53.2 Å². The lowest BCUT2D eigenvalue weighted by Crippen LogP contribution is -2.14. The molecule has 0 saturated heterocycles. The van der Waals surface area contributed by atoms with E-state index in [2.05, 4.69) is 25.4 Å². The van der Waals surface area contributed by atoms with Gasteiger partial charge >= 0.3 is 0 Å². The fourth-order valence-electron chi connectivity index (χ4n) is 1.84. The number of nitrogens with zero attached hydrogens (tertiary/aromatic N) is 3. The van der Waals surface area contributed by atoms with Crippen molar-refractivity contribution >= 4 is 39.1 Å². The van der Waals surface area contributed by atoms with E-state index in [9.17, 15) is 8.42 Å². The molecule has 0 aliphatic heterocycles. The van der Waals surface area contributed by atoms with Gasteiger partial charge in [0.2, 0.25) is 0 Å². The molecule has 3 aromatic rings. The predicted octanol–water partition coefficient (Wildman–Crippen LogP) is 2.97. The second-order valence-electron chi connectivity index (χ2n) is 4.81. The molecule has 1 aromatic carbocycles. The Bertz CT molecular complexity index is 957. The van der Waals surface area contributed by atoms with Crippen LogP contribution in [0.1, 0.15) is 5.76 Å². The number of sulfonamides is 1. The van der Waals surface area contributed by atoms with Gasteiger partial charge in [-0.15, -0.1) is 10.2 Å². The Kier molecular flexibility index (Phi) is 4.36. The lowest BCUT2D eigenvalue weighted by atomic mass is 10.4. The van der Waals surface area contributed by atoms with Gasteiger partial charge in [-0.2, -0.15) is 0 Å². The quantitative estimate of drug-likeness (QED) is 0.715. The first-order valence-electron chi connectivity index (χ1n) is 6.75. The van der Waals surface area contributed by atoms with Crippen molar-refractivity contribution in [3.63, 3.8) is 0 Å². The molecule has 0 spiro atoms. The molecule has 2 heterocycles. The summed E-state index contributed by atoms with van der Waals surface area (Å²) in [7, 11) is -3.79. The smallest absolute Gasteiger partial charge is 0.263 e. The summed E-state index contributed by atoms with van der Waals surface area (Å²) in [5, 5.41) is 14.7. The second-order valence-corrected chi connectivity index (χ2v) is 6.93. The normalized spacial score (nSPS) is 11.2. The summed E-state index contributed by atoms with van der Waals surface area (Å²) in [6.07, 6.45) is 0. The molecule has 0 aliphatic carbocycles. The Balaban J connectivity index is 1.74. The molecule has 0 radical (unpaired) electrons. The highest BCUT2D eigenvalue weighted by molar-refractivity contribution is 7.92. The molecule has 0 amide bonds. The predicted molar refractivity (Wildman–Crippen MR) is 88.8 cm³/mol. The Hall–Kier alpha value is -2.65. The first-order chi connectivity index (χ1) is 11.4. The van der Waals surface area contributed by atoms with Crippen LogP contribution in [0.2, 0.25) is 5.02 Å². The Labute approximate surface area is 142 Å². The van der Waals surface area contributed by atoms with Crippen molar-refractivity contribution in [1.29, 1.82) is 0 Å². The summed E-state index contributed by atoms with van der Waals surface area (Å²) in [6.45, 7) is 1.76. The number of nitrogens with one attached hydrogen (secondary N) is 2. The zero-order chi connectivity index (χ0) is 17.2. The fourth-order valence-corrected chi connectivity index (χ4v) is 3.14. The lowest BCUT2D eigenvalue weighted by molar-refractivity contribution is 0.400. The number of aromatic nitrogens is 3. The molecule has 0 fully saturated rings. The number of benzene rings is 1. The fraction of sp³-hybridized carbons (Fsp3) is 0.0714. The van der Waals surface area contributed by atoms with Crippen LogP contribution in [0.15, 0.2) is 51.9 Å². The summed E-state index contributed by atoms with van der Waals surface area (Å²) >= 11 is 5.81. The van der Waals surface area contributed by atoms with Gasteiger partial charge in [0.05, 0.1) is 4.90 Å². The molecule has 0 aliphatic rings. The van der Waals surface area contributed by atoms with Gasteiger partial charge in [0.25, 0.3) is 10.0 Å². The summed E-state index contributed by atoms with van der Waals surface area (Å²) in [5.74, 6) is 1.61. The van der Waals surface area contributed by atoms with Crippen LogP contribution in [0.4, 0.5) is 17.5 Å². The van der Waals surface area contributed by atoms with Gasteiger partial charge in [-0.1, -0.05) is 22.8 Å². The van der Waals surface area contributed by atoms with E-state index in [0.717, 1.165) is 0 Å². The first-order valence-corrected chi connectivity index (χ1v) is 8.61. The van der Waals surface area contributed by atoms with E-state index >= 15 is 0 Å². The van der Waals surface area contributed by atoms with E-state index in [1.807, 2.05) is 0 Å². The minimum absolute atomic E-state index is 0.0390. The molecule has 0 atom stereocenters. The highest BCUT2D eigenvalue weighted by Crippen LogP contribution is 2.19. The van der Waals surface area contributed by atoms with Crippen LogP contribution in [0.25, 0.3) is 0 Å². The summed E-state index contributed by atoms with van der Waals surface area (Å²) < 4.78 is 31.8. The standard InChI is InChI=1S/C14H12ClN5O3S/c1-9-7-14(19-23-9)16-12-5-6-13(18-17-12)20-24(21,22)11-4-2-3-10(15)8-11/h2-8H,1H3,(H,18,20)(H,16,17,19). The third-order valence-corrected chi connectivity index (χ3v) is 4.48. The largest absolute Gasteiger partial charge is 0.360 e. The number of hydrogen-bond acceptors (Lipinski definition) is 7. The van der Waals surface area contributed by atoms with Gasteiger partial charge in [0.1, 0.15) is 5.76 Å². The van der Waals surface area contributed by atoms with Crippen LogP contribution in [-0.2, 0) is 10.0 Å². The van der Waals surface area contributed by atoms with Crippen LogP contribution < -0.4 is 10.0 Å². The van der Waals surface area contributed by atoms with Crippen molar-refractivity contribution in [2.24, 2.45) is 0 Å². The van der Waals surface area contributed by atoms with E-state index < -0.39 is 10.0 Å². The molecule has 0 unspecified atom stereocenters. The molecular formula is C14H12ClN5O3S. The van der Waals surface area contributed by atoms with Crippen molar-refractivity contribution in [2.75, 3.05) is 10.0 Å². The van der Waals surface area contributed by atoms with Crippen LogP contribution in [0.5, 0.6) is 0 Å². The topological polar surface area (TPSA) is 110 Å². The Morgan fingerprint density at radius 3 is 2.42 bits per heavy atom. The number of aryl methyl sites for hydroxylation is 1. The highest BCUT2D eigenvalue weighted by Gasteiger charge is 2.15. The maximum atomic E-state index is 12.3. The van der Waals surface area contributed by atoms with Gasteiger partial charge in [0.15, 0.2) is 17.5 Å². The number of hydrogen-bond donors (Lipinski definition) is 2. The van der Waals surface area contributed by atoms with E-state index in [1.54, 1.807) is 31.2 Å². The van der Waals surface area contributed by atoms with Gasteiger partial charge in [0, 0.05) is 11.1 Å². The van der Waals surface area contributed by atoms with Gasteiger partial charge in [-0.3, -0.25) is 4.72 Å². The maximum absolute atomic E-state index is 12.3. The van der Waals surface area contributed by atoms with Crippen LogP contribution in [0.3, 0.4) is 0 Å². The average molecular weight is 366 g/mol. The molecule has 3 rings (SSSR count). The van der Waals surface area contributed by atoms with Gasteiger partial charge < -0.3 is 9.84 Å². The molecule has 2 N–H and O–H groups in total. The van der Waals surface area contributed by atoms with Crippen LogP contribution >= 0.6 is 11.6 Å². The molecule has 2 aromatic heterocycles. The Morgan fingerprint density at radius 2 is 1.79 bits per heavy atom. The van der Waals surface area contributed by atoms with Crippen molar-refractivity contribution in [3.8, 4) is 0 Å². The summed E-state index contributed by atoms with van der Waals surface area (Å²) in [6, 6.07) is 10.7. The van der Waals surface area contributed by atoms with E-state index in [1.165, 1.54) is 18.2 Å². The van der Waals surface area contributed by atoms with Crippen LogP contribution in [0, 0.1) is 6.92 Å². The first kappa shape index (κ1) is 16.2. The third-order valence-electron chi connectivity index (χ3n) is 2.89. The van der Waals surface area contributed by atoms with Crippen molar-refractivity contribution in [1.82, 2.24) is 15.4 Å². The molecule has 24 heavy (non-hydrogen) atoms. The highest BCUT2D eigenvalue weighted by atomic mass is 35.5. The number of rotatable bonds is 5. The summed E-state index contributed by atoms with van der Waals surface area (Å²) in [4.78, 5) is 0.0390. The molecule has 8 nitrogen and oxygen atoms in total. The van der Waals surface area contributed by atoms with Crippen molar-refractivity contribution in [2.45, 2.75) is 11.8 Å². The molecule has 124 valence electrons. The number of halogens is 1. The maximum Gasteiger partial charge on any atom is 0.263 e. The molecular weight excluding hydrogens is 354 g/mol. The zero-order valence-corrected chi connectivity index (χ0v) is 14.0. The van der Waals surface area contributed by atoms with E-state index in [4.69, 9.17) is 16.1 Å².